The van der Waals surface area contributed by atoms with E-state index in [2.05, 4.69) is 38.2 Å². The monoisotopic (exact) mass is 745 g/mol. The Labute approximate surface area is 311 Å². The fourth-order valence-electron chi connectivity index (χ4n) is 5.53. The molecule has 0 radical (unpaired) electrons. The van der Waals surface area contributed by atoms with Crippen molar-refractivity contribution in [2.24, 2.45) is 0 Å². The first kappa shape index (κ1) is 47.5. The minimum Gasteiger partial charge on any atom is -0.462 e. The maximum atomic E-state index is 12.7. The van der Waals surface area contributed by atoms with Crippen LogP contribution in [0.3, 0.4) is 0 Å². The Morgan fingerprint density at radius 1 is 0.706 bits per heavy atom. The van der Waals surface area contributed by atoms with E-state index in [1.54, 1.807) is 0 Å². The van der Waals surface area contributed by atoms with E-state index in [1.165, 1.54) is 32.1 Å². The Morgan fingerprint density at radius 3 is 1.94 bits per heavy atom. The molecule has 1 N–H and O–H groups in total. The minimum absolute atomic E-state index is 0.0250. The molecule has 1 aliphatic rings. The topological polar surface area (TPSA) is 121 Å². The van der Waals surface area contributed by atoms with Gasteiger partial charge in [0.1, 0.15) is 19.8 Å². The van der Waals surface area contributed by atoms with E-state index >= 15 is 0 Å². The van der Waals surface area contributed by atoms with Crippen molar-refractivity contribution in [1.29, 1.82) is 0 Å². The van der Waals surface area contributed by atoms with Gasteiger partial charge in [0.25, 0.3) is 0 Å². The molecule has 4 atom stereocenters. The number of likely N-dealkylation sites (N-methyl/N-ethyl adjacent to an activating group) is 1. The molecule has 0 aromatic rings. The summed E-state index contributed by atoms with van der Waals surface area (Å²) in [5, 5.41) is 0. The number of phosphoric acid groups is 1. The highest BCUT2D eigenvalue weighted by molar-refractivity contribution is 7.47. The lowest BCUT2D eigenvalue weighted by atomic mass is 10.1. The normalized spacial score (nSPS) is 17.9. The van der Waals surface area contributed by atoms with Gasteiger partial charge in [-0.1, -0.05) is 109 Å². The number of carbonyl (C=O) groups is 2. The van der Waals surface area contributed by atoms with Crippen molar-refractivity contribution < 1.29 is 46.8 Å². The minimum atomic E-state index is -4.38. The van der Waals surface area contributed by atoms with Crippen molar-refractivity contribution in [3.63, 3.8) is 0 Å². The third kappa shape index (κ3) is 30.6. The lowest BCUT2D eigenvalue weighted by Crippen LogP contribution is -2.37. The Balaban J connectivity index is 2.33. The highest BCUT2D eigenvalue weighted by atomic mass is 31.2. The number of nitrogens with zero attached hydrogens (tertiary/aromatic N) is 1. The van der Waals surface area contributed by atoms with Crippen LogP contribution in [-0.4, -0.2) is 87.1 Å². The van der Waals surface area contributed by atoms with Gasteiger partial charge < -0.3 is 23.6 Å². The number of quaternary nitrogens is 1. The van der Waals surface area contributed by atoms with E-state index in [4.69, 9.17) is 23.3 Å². The summed E-state index contributed by atoms with van der Waals surface area (Å²) in [6.45, 7) is 4.30. The zero-order valence-corrected chi connectivity index (χ0v) is 33.9. The Morgan fingerprint density at radius 2 is 1.27 bits per heavy atom. The Hall–Kier alpha value is -1.55. The number of rotatable bonds is 35. The van der Waals surface area contributed by atoms with Crippen LogP contribution in [0.2, 0.25) is 0 Å². The quantitative estimate of drug-likeness (QED) is 0.0169. The number of hydrogen-bond acceptors (Lipinski definition) is 8. The van der Waals surface area contributed by atoms with Gasteiger partial charge >= 0.3 is 19.8 Å². The standard InChI is InChI=1S/C40H74NO9P/c1-6-8-10-12-14-15-16-17-18-22-26-30-39(42)46-34-36(35-48-51(44,45)47-33-32-41(3,4)5)49-40(43)31-27-23-19-21-25-29-38-37(50-38)28-24-20-13-11-9-7-2/h12,14,20,24,36-38H,6-11,13,15-19,21-23,25-35H2,1-5H3/p+1/b14-12-,24-20-/t36-,37?,38?/m1/s1. The van der Waals surface area contributed by atoms with Crippen LogP contribution in [-0.2, 0) is 37.4 Å². The molecule has 0 aromatic carbocycles. The molecule has 0 aliphatic carbocycles. The van der Waals surface area contributed by atoms with E-state index in [0.29, 0.717) is 29.7 Å². The summed E-state index contributed by atoms with van der Waals surface area (Å²) >= 11 is 0. The van der Waals surface area contributed by atoms with Gasteiger partial charge in [0, 0.05) is 12.8 Å². The van der Waals surface area contributed by atoms with Gasteiger partial charge in [-0.15, -0.1) is 0 Å². The van der Waals surface area contributed by atoms with E-state index in [-0.39, 0.29) is 32.0 Å². The van der Waals surface area contributed by atoms with Gasteiger partial charge in [0.05, 0.1) is 40.0 Å². The zero-order valence-electron chi connectivity index (χ0n) is 33.0. The lowest BCUT2D eigenvalue weighted by Gasteiger charge is -2.24. The number of esters is 2. The molecule has 1 heterocycles. The number of unbranched alkanes of at least 4 members (excludes halogenated alkanes) is 14. The fourth-order valence-corrected chi connectivity index (χ4v) is 6.27. The lowest BCUT2D eigenvalue weighted by molar-refractivity contribution is -0.870. The third-order valence-electron chi connectivity index (χ3n) is 8.88. The Kier molecular flexibility index (Phi) is 27.8. The van der Waals surface area contributed by atoms with Crippen molar-refractivity contribution in [2.45, 2.75) is 173 Å². The Bertz CT molecular complexity index is 997. The first-order valence-corrected chi connectivity index (χ1v) is 21.7. The maximum Gasteiger partial charge on any atom is 0.472 e. The van der Waals surface area contributed by atoms with Gasteiger partial charge in [-0.3, -0.25) is 18.6 Å². The number of phosphoric ester groups is 1. The average molecular weight is 745 g/mol. The molecular formula is C40H75NO9P+. The smallest absolute Gasteiger partial charge is 0.462 e. The summed E-state index contributed by atoms with van der Waals surface area (Å²) < 4.78 is 40.0. The zero-order chi connectivity index (χ0) is 37.6. The van der Waals surface area contributed by atoms with Crippen molar-refractivity contribution in [2.75, 3.05) is 47.5 Å². The van der Waals surface area contributed by atoms with Crippen LogP contribution >= 0.6 is 7.82 Å². The van der Waals surface area contributed by atoms with Gasteiger partial charge in [0.15, 0.2) is 6.10 Å². The number of ether oxygens (including phenoxy) is 3. The van der Waals surface area contributed by atoms with E-state index in [0.717, 1.165) is 89.9 Å². The van der Waals surface area contributed by atoms with Crippen LogP contribution in [0.4, 0.5) is 0 Å². The van der Waals surface area contributed by atoms with Crippen LogP contribution < -0.4 is 0 Å². The van der Waals surface area contributed by atoms with Crippen molar-refractivity contribution in [1.82, 2.24) is 0 Å². The SMILES string of the molecule is CCCC/C=C\CCCCCCCC(=O)OC[C@H](COP(=O)(O)OCC[N+](C)(C)C)OC(=O)CCCCCCCC1OC1C/C=C\CCCCC. The number of hydrogen-bond donors (Lipinski definition) is 1. The van der Waals surface area contributed by atoms with Gasteiger partial charge in [-0.05, 0) is 57.8 Å². The molecule has 0 aromatic heterocycles. The highest BCUT2D eigenvalue weighted by Gasteiger charge is 2.36. The average Bonchev–Trinajstić information content (AvgIpc) is 3.83. The van der Waals surface area contributed by atoms with E-state index in [1.807, 2.05) is 21.1 Å². The van der Waals surface area contributed by atoms with Crippen LogP contribution in [0.5, 0.6) is 0 Å². The molecule has 1 rings (SSSR count). The summed E-state index contributed by atoms with van der Waals surface area (Å²) in [6, 6.07) is 0. The van der Waals surface area contributed by atoms with E-state index in [9.17, 15) is 19.0 Å². The van der Waals surface area contributed by atoms with Crippen LogP contribution in [0.15, 0.2) is 24.3 Å². The summed E-state index contributed by atoms with van der Waals surface area (Å²) in [5.74, 6) is -0.835. The molecule has 3 unspecified atom stereocenters. The molecular weight excluding hydrogens is 669 g/mol. The summed E-state index contributed by atoms with van der Waals surface area (Å²) in [4.78, 5) is 35.2. The highest BCUT2D eigenvalue weighted by Crippen LogP contribution is 2.43. The second-order valence-electron chi connectivity index (χ2n) is 15.0. The first-order chi connectivity index (χ1) is 24.5. The molecule has 298 valence electrons. The molecule has 0 amide bonds. The van der Waals surface area contributed by atoms with Gasteiger partial charge in [-0.2, -0.15) is 0 Å². The second kappa shape index (κ2) is 29.9. The second-order valence-corrected chi connectivity index (χ2v) is 16.5. The predicted molar refractivity (Wildman–Crippen MR) is 205 cm³/mol. The fraction of sp³-hybridized carbons (Fsp3) is 0.850. The van der Waals surface area contributed by atoms with Gasteiger partial charge in [-0.25, -0.2) is 4.57 Å². The van der Waals surface area contributed by atoms with Crippen LogP contribution in [0, 0.1) is 0 Å². The predicted octanol–water partition coefficient (Wildman–Crippen LogP) is 9.78. The number of allylic oxidation sites excluding steroid dienone is 3. The molecule has 51 heavy (non-hydrogen) atoms. The summed E-state index contributed by atoms with van der Waals surface area (Å²) in [5.41, 5.74) is 0. The van der Waals surface area contributed by atoms with Crippen molar-refractivity contribution in [3.05, 3.63) is 24.3 Å². The number of epoxide rings is 1. The van der Waals surface area contributed by atoms with Gasteiger partial charge in [0.2, 0.25) is 0 Å². The molecule has 0 spiro atoms. The number of carbonyl (C=O) groups excluding carboxylic acids is 2. The molecule has 10 nitrogen and oxygen atoms in total. The third-order valence-corrected chi connectivity index (χ3v) is 9.86. The van der Waals surface area contributed by atoms with Crippen LogP contribution in [0.1, 0.15) is 155 Å². The molecule has 1 fully saturated rings. The van der Waals surface area contributed by atoms with Crippen molar-refractivity contribution >= 4 is 19.8 Å². The molecule has 0 bridgehead atoms. The summed E-state index contributed by atoms with van der Waals surface area (Å²) in [7, 11) is 1.45. The maximum absolute atomic E-state index is 12.7. The molecule has 0 saturated carbocycles. The molecule has 11 heteroatoms. The van der Waals surface area contributed by atoms with Crippen molar-refractivity contribution in [3.8, 4) is 0 Å². The van der Waals surface area contributed by atoms with Crippen LogP contribution in [0.25, 0.3) is 0 Å². The molecule has 1 saturated heterocycles. The summed E-state index contributed by atoms with van der Waals surface area (Å²) in [6.07, 6.45) is 31.0. The largest absolute Gasteiger partial charge is 0.472 e. The van der Waals surface area contributed by atoms with E-state index < -0.39 is 26.5 Å². The molecule has 1 aliphatic heterocycles. The first-order valence-electron chi connectivity index (χ1n) is 20.2.